The van der Waals surface area contributed by atoms with E-state index in [4.69, 9.17) is 0 Å². The highest BCUT2D eigenvalue weighted by Gasteiger charge is 2.26. The molecule has 0 aliphatic carbocycles. The summed E-state index contributed by atoms with van der Waals surface area (Å²) in [4.78, 5) is 12.0. The third-order valence-electron chi connectivity index (χ3n) is 3.67. The number of hydrogen-bond acceptors (Lipinski definition) is 3. The molecule has 8 heteroatoms. The Morgan fingerprint density at radius 1 is 1.00 bits per heavy atom. The zero-order chi connectivity index (χ0) is 20.6. The molecule has 0 saturated heterocycles. The van der Waals surface area contributed by atoms with Crippen LogP contribution >= 0.6 is 0 Å². The Morgan fingerprint density at radius 2 is 1.64 bits per heavy atom. The second-order valence-corrected chi connectivity index (χ2v) is 7.99. The van der Waals surface area contributed by atoms with Gasteiger partial charge < -0.3 is 5.32 Å². The number of amides is 1. The van der Waals surface area contributed by atoms with Crippen LogP contribution in [0.1, 0.15) is 28.8 Å². The zero-order valence-corrected chi connectivity index (χ0v) is 15.6. The van der Waals surface area contributed by atoms with Crippen LogP contribution in [0.3, 0.4) is 0 Å². The molecule has 0 fully saturated rings. The monoisotopic (exact) mass is 409 g/mol. The van der Waals surface area contributed by atoms with Gasteiger partial charge in [0.15, 0.2) is 9.84 Å². The number of alkyl halides is 3. The molecule has 0 atom stereocenters. The molecule has 1 amide bonds. The standard InChI is InChI=1S/C20H18F3NO3S/c21-20(22,23)13-14-24-19(25)17-11-9-16(10-12-17)6-4-5-15-28(26,27)18-7-2-1-3-8-18/h1-3,7-12H,5,13-15H2,(H,24,25). The molecule has 0 spiro atoms. The maximum Gasteiger partial charge on any atom is 0.390 e. The molecule has 148 valence electrons. The molecule has 0 aromatic heterocycles. The number of carbonyl (C=O) groups excluding carboxylic acids is 1. The zero-order valence-electron chi connectivity index (χ0n) is 14.8. The van der Waals surface area contributed by atoms with E-state index in [9.17, 15) is 26.4 Å². The number of nitrogens with one attached hydrogen (secondary N) is 1. The van der Waals surface area contributed by atoms with Gasteiger partial charge in [-0.05, 0) is 36.4 Å². The van der Waals surface area contributed by atoms with Crippen molar-refractivity contribution in [2.24, 2.45) is 0 Å². The summed E-state index contributed by atoms with van der Waals surface area (Å²) in [5.41, 5.74) is 0.795. The number of rotatable bonds is 6. The molecule has 0 saturated carbocycles. The van der Waals surface area contributed by atoms with Crippen LogP contribution < -0.4 is 5.32 Å². The van der Waals surface area contributed by atoms with Gasteiger partial charge in [-0.25, -0.2) is 8.42 Å². The van der Waals surface area contributed by atoms with Crippen LogP contribution in [0.2, 0.25) is 0 Å². The maximum absolute atomic E-state index is 12.1. The van der Waals surface area contributed by atoms with Gasteiger partial charge in [0.25, 0.3) is 5.91 Å². The Hall–Kier alpha value is -2.79. The first kappa shape index (κ1) is 21.5. The average molecular weight is 409 g/mol. The van der Waals surface area contributed by atoms with Crippen molar-refractivity contribution in [3.63, 3.8) is 0 Å². The first-order valence-corrected chi connectivity index (χ1v) is 10.0. The number of hydrogen-bond donors (Lipinski definition) is 1. The van der Waals surface area contributed by atoms with E-state index in [0.29, 0.717) is 5.56 Å². The lowest BCUT2D eigenvalue weighted by molar-refractivity contribution is -0.132. The number of carbonyl (C=O) groups is 1. The molecule has 0 unspecified atom stereocenters. The van der Waals surface area contributed by atoms with E-state index < -0.39 is 34.9 Å². The van der Waals surface area contributed by atoms with E-state index in [1.165, 1.54) is 24.3 Å². The van der Waals surface area contributed by atoms with Gasteiger partial charge in [0.1, 0.15) is 0 Å². The molecule has 1 N–H and O–H groups in total. The Morgan fingerprint density at radius 3 is 2.25 bits per heavy atom. The molecule has 2 aromatic rings. The Labute approximate surface area is 161 Å². The van der Waals surface area contributed by atoms with Crippen LogP contribution in [0.4, 0.5) is 13.2 Å². The third-order valence-corrected chi connectivity index (χ3v) is 5.40. The van der Waals surface area contributed by atoms with Crippen LogP contribution in [-0.4, -0.2) is 32.8 Å². The molecule has 4 nitrogen and oxygen atoms in total. The summed E-state index contributed by atoms with van der Waals surface area (Å²) in [5.74, 6) is 4.87. The normalized spacial score (nSPS) is 11.4. The first-order valence-electron chi connectivity index (χ1n) is 8.39. The summed E-state index contributed by atoms with van der Waals surface area (Å²) in [5, 5.41) is 2.20. The molecular weight excluding hydrogens is 391 g/mol. The van der Waals surface area contributed by atoms with Gasteiger partial charge >= 0.3 is 6.18 Å². The summed E-state index contributed by atoms with van der Waals surface area (Å²) >= 11 is 0. The molecule has 0 aliphatic heterocycles. The Kier molecular flexibility index (Phi) is 7.24. The second kappa shape index (κ2) is 9.42. The van der Waals surface area contributed by atoms with Gasteiger partial charge in [-0.1, -0.05) is 30.0 Å². The van der Waals surface area contributed by atoms with Crippen molar-refractivity contribution in [1.29, 1.82) is 0 Å². The molecular formula is C20H18F3NO3S. The molecule has 0 heterocycles. The quantitative estimate of drug-likeness (QED) is 0.742. The largest absolute Gasteiger partial charge is 0.390 e. The number of benzene rings is 2. The van der Waals surface area contributed by atoms with Crippen LogP contribution in [0.15, 0.2) is 59.5 Å². The second-order valence-electron chi connectivity index (χ2n) is 5.88. The number of sulfone groups is 1. The van der Waals surface area contributed by atoms with E-state index in [0.717, 1.165) is 0 Å². The molecule has 0 bridgehead atoms. The lowest BCUT2D eigenvalue weighted by Gasteiger charge is -2.07. The summed E-state index contributed by atoms with van der Waals surface area (Å²) < 4.78 is 60.5. The van der Waals surface area contributed by atoms with Crippen molar-refractivity contribution in [1.82, 2.24) is 5.32 Å². The fourth-order valence-corrected chi connectivity index (χ4v) is 3.40. The molecule has 0 aliphatic rings. The van der Waals surface area contributed by atoms with Crippen LogP contribution in [0.25, 0.3) is 0 Å². The predicted molar refractivity (Wildman–Crippen MR) is 99.4 cm³/mol. The van der Waals surface area contributed by atoms with E-state index >= 15 is 0 Å². The van der Waals surface area contributed by atoms with Crippen molar-refractivity contribution < 1.29 is 26.4 Å². The first-order chi connectivity index (χ1) is 13.2. The summed E-state index contributed by atoms with van der Waals surface area (Å²) in [6.45, 7) is -0.486. The van der Waals surface area contributed by atoms with Crippen LogP contribution in [0, 0.1) is 11.8 Å². The van der Waals surface area contributed by atoms with E-state index in [-0.39, 0.29) is 22.6 Å². The molecule has 2 rings (SSSR count). The summed E-state index contributed by atoms with van der Waals surface area (Å²) in [6.07, 6.45) is -5.26. The minimum Gasteiger partial charge on any atom is -0.352 e. The Bertz CT molecular complexity index is 958. The van der Waals surface area contributed by atoms with Crippen LogP contribution in [-0.2, 0) is 9.84 Å². The smallest absolute Gasteiger partial charge is 0.352 e. The molecule has 2 aromatic carbocycles. The lowest BCUT2D eigenvalue weighted by atomic mass is 10.1. The van der Waals surface area contributed by atoms with Crippen molar-refractivity contribution in [3.05, 3.63) is 65.7 Å². The summed E-state index contributed by atoms with van der Waals surface area (Å²) in [6, 6.07) is 14.1. The average Bonchev–Trinajstić information content (AvgIpc) is 2.65. The fourth-order valence-electron chi connectivity index (χ4n) is 2.22. The van der Waals surface area contributed by atoms with Crippen molar-refractivity contribution in [2.45, 2.75) is 23.9 Å². The van der Waals surface area contributed by atoms with Gasteiger partial charge in [0.05, 0.1) is 17.1 Å². The fraction of sp³-hybridized carbons (Fsp3) is 0.250. The third kappa shape index (κ3) is 7.08. The molecule has 28 heavy (non-hydrogen) atoms. The lowest BCUT2D eigenvalue weighted by Crippen LogP contribution is -2.27. The van der Waals surface area contributed by atoms with Gasteiger partial charge in [-0.15, -0.1) is 0 Å². The van der Waals surface area contributed by atoms with Gasteiger partial charge in [-0.2, -0.15) is 13.2 Å². The topological polar surface area (TPSA) is 63.2 Å². The molecule has 0 radical (unpaired) electrons. The highest BCUT2D eigenvalue weighted by atomic mass is 32.2. The summed E-state index contributed by atoms with van der Waals surface area (Å²) in [7, 11) is -3.39. The minimum absolute atomic E-state index is 0.107. The van der Waals surface area contributed by atoms with Crippen molar-refractivity contribution in [3.8, 4) is 11.8 Å². The van der Waals surface area contributed by atoms with Gasteiger partial charge in [0, 0.05) is 24.1 Å². The minimum atomic E-state index is -4.32. The van der Waals surface area contributed by atoms with Crippen molar-refractivity contribution in [2.75, 3.05) is 12.3 Å². The van der Waals surface area contributed by atoms with E-state index in [1.54, 1.807) is 30.3 Å². The number of halogens is 3. The predicted octanol–water partition coefficient (Wildman–Crippen LogP) is 3.58. The SMILES string of the molecule is O=C(NCCC(F)(F)F)c1ccc(C#CCCS(=O)(=O)c2ccccc2)cc1. The van der Waals surface area contributed by atoms with E-state index in [2.05, 4.69) is 17.2 Å². The maximum atomic E-state index is 12.1. The van der Waals surface area contributed by atoms with E-state index in [1.807, 2.05) is 0 Å². The van der Waals surface area contributed by atoms with Crippen molar-refractivity contribution >= 4 is 15.7 Å². The highest BCUT2D eigenvalue weighted by molar-refractivity contribution is 7.91. The van der Waals surface area contributed by atoms with Crippen LogP contribution in [0.5, 0.6) is 0 Å². The highest BCUT2D eigenvalue weighted by Crippen LogP contribution is 2.18. The van der Waals surface area contributed by atoms with Gasteiger partial charge in [-0.3, -0.25) is 4.79 Å². The van der Waals surface area contributed by atoms with Gasteiger partial charge in [0.2, 0.25) is 0 Å². The Balaban J connectivity index is 1.87.